The fourth-order valence-corrected chi connectivity index (χ4v) is 2.08. The van der Waals surface area contributed by atoms with Crippen LogP contribution >= 0.6 is 11.6 Å². The van der Waals surface area contributed by atoms with Crippen molar-refractivity contribution >= 4 is 28.9 Å². The number of nitrogens with one attached hydrogen (secondary N) is 1. The van der Waals surface area contributed by atoms with E-state index in [-0.39, 0.29) is 5.91 Å². The van der Waals surface area contributed by atoms with E-state index in [0.717, 1.165) is 16.8 Å². The molecule has 0 saturated carbocycles. The Labute approximate surface area is 117 Å². The van der Waals surface area contributed by atoms with Crippen molar-refractivity contribution in [2.45, 2.75) is 13.8 Å². The molecule has 0 unspecified atom stereocenters. The van der Waals surface area contributed by atoms with E-state index in [1.165, 1.54) is 0 Å². The lowest BCUT2D eigenvalue weighted by molar-refractivity contribution is 0.102. The topological polar surface area (TPSA) is 55.1 Å². The maximum atomic E-state index is 12.2. The second kappa shape index (κ2) is 5.33. The van der Waals surface area contributed by atoms with Crippen molar-refractivity contribution in [1.82, 2.24) is 0 Å². The summed E-state index contributed by atoms with van der Waals surface area (Å²) in [6, 6.07) is 10.6. The average Bonchev–Trinajstić information content (AvgIpc) is 2.36. The number of carbonyl (C=O) groups is 1. The van der Waals surface area contributed by atoms with Crippen LogP contribution in [0.2, 0.25) is 5.02 Å². The number of hydrogen-bond donors (Lipinski definition) is 2. The van der Waals surface area contributed by atoms with Crippen LogP contribution in [0.1, 0.15) is 21.5 Å². The summed E-state index contributed by atoms with van der Waals surface area (Å²) in [6.45, 7) is 3.73. The van der Waals surface area contributed by atoms with E-state index >= 15 is 0 Å². The number of rotatable bonds is 2. The van der Waals surface area contributed by atoms with Crippen molar-refractivity contribution in [3.05, 3.63) is 58.1 Å². The predicted molar refractivity (Wildman–Crippen MR) is 79.7 cm³/mol. The summed E-state index contributed by atoms with van der Waals surface area (Å²) in [7, 11) is 0. The second-order valence-corrected chi connectivity index (χ2v) is 4.87. The molecule has 0 spiro atoms. The molecule has 2 rings (SSSR count). The number of nitrogens with two attached hydrogens (primary N) is 1. The van der Waals surface area contributed by atoms with Crippen molar-refractivity contribution in [2.24, 2.45) is 0 Å². The molecule has 2 aromatic carbocycles. The first-order valence-corrected chi connectivity index (χ1v) is 6.29. The highest BCUT2D eigenvalue weighted by atomic mass is 35.5. The molecule has 0 radical (unpaired) electrons. The van der Waals surface area contributed by atoms with Crippen LogP contribution in [0.4, 0.5) is 11.4 Å². The van der Waals surface area contributed by atoms with Gasteiger partial charge in [-0.2, -0.15) is 0 Å². The zero-order valence-electron chi connectivity index (χ0n) is 10.8. The molecule has 2 aromatic rings. The van der Waals surface area contributed by atoms with E-state index in [2.05, 4.69) is 5.32 Å². The monoisotopic (exact) mass is 274 g/mol. The van der Waals surface area contributed by atoms with Gasteiger partial charge in [-0.25, -0.2) is 0 Å². The number of hydrogen-bond acceptors (Lipinski definition) is 2. The van der Waals surface area contributed by atoms with Gasteiger partial charge in [0.05, 0.1) is 0 Å². The van der Waals surface area contributed by atoms with Crippen molar-refractivity contribution < 1.29 is 4.79 Å². The van der Waals surface area contributed by atoms with E-state index in [4.69, 9.17) is 17.3 Å². The number of anilines is 2. The number of halogens is 1. The fourth-order valence-electron chi connectivity index (χ4n) is 1.86. The van der Waals surface area contributed by atoms with Gasteiger partial charge >= 0.3 is 0 Å². The van der Waals surface area contributed by atoms with Crippen LogP contribution in [0.5, 0.6) is 0 Å². The molecule has 0 fully saturated rings. The number of carbonyl (C=O) groups excluding carboxylic acids is 1. The van der Waals surface area contributed by atoms with Gasteiger partial charge < -0.3 is 11.1 Å². The minimum absolute atomic E-state index is 0.171. The predicted octanol–water partition coefficient (Wildman–Crippen LogP) is 3.79. The molecule has 3 N–H and O–H groups in total. The van der Waals surface area contributed by atoms with Crippen LogP contribution in [0, 0.1) is 13.8 Å². The molecule has 0 aliphatic rings. The van der Waals surface area contributed by atoms with Crippen LogP contribution < -0.4 is 11.1 Å². The van der Waals surface area contributed by atoms with Crippen molar-refractivity contribution in [1.29, 1.82) is 0 Å². The molecule has 0 saturated heterocycles. The summed E-state index contributed by atoms with van der Waals surface area (Å²) >= 11 is 5.89. The van der Waals surface area contributed by atoms with Crippen molar-refractivity contribution in [3.63, 3.8) is 0 Å². The standard InChI is InChI=1S/C15H15ClN2O/c1-9-8-11(16)6-7-14(9)18-15(19)12-4-3-5-13(17)10(12)2/h3-8H,17H2,1-2H3,(H,18,19). The van der Waals surface area contributed by atoms with Gasteiger partial charge in [0, 0.05) is 22.0 Å². The van der Waals surface area contributed by atoms with Crippen molar-refractivity contribution in [2.75, 3.05) is 11.1 Å². The third kappa shape index (κ3) is 2.88. The molecule has 19 heavy (non-hydrogen) atoms. The lowest BCUT2D eigenvalue weighted by Gasteiger charge is -2.11. The summed E-state index contributed by atoms with van der Waals surface area (Å²) in [5, 5.41) is 3.52. The summed E-state index contributed by atoms with van der Waals surface area (Å²) in [5.74, 6) is -0.171. The largest absolute Gasteiger partial charge is 0.398 e. The summed E-state index contributed by atoms with van der Waals surface area (Å²) in [4.78, 5) is 12.2. The van der Waals surface area contributed by atoms with Crippen LogP contribution in [-0.2, 0) is 0 Å². The van der Waals surface area contributed by atoms with Gasteiger partial charge in [0.15, 0.2) is 0 Å². The van der Waals surface area contributed by atoms with E-state index in [1.807, 2.05) is 19.9 Å². The van der Waals surface area contributed by atoms with Crippen LogP contribution in [-0.4, -0.2) is 5.91 Å². The molecule has 1 amide bonds. The third-order valence-corrected chi connectivity index (χ3v) is 3.29. The maximum Gasteiger partial charge on any atom is 0.256 e. The lowest BCUT2D eigenvalue weighted by atomic mass is 10.1. The SMILES string of the molecule is Cc1cc(Cl)ccc1NC(=O)c1cccc(N)c1C. The molecule has 0 heterocycles. The van der Waals surface area contributed by atoms with E-state index < -0.39 is 0 Å². The van der Waals surface area contributed by atoms with Crippen LogP contribution in [0.3, 0.4) is 0 Å². The Morgan fingerprint density at radius 2 is 1.95 bits per heavy atom. The number of aryl methyl sites for hydroxylation is 1. The second-order valence-electron chi connectivity index (χ2n) is 4.43. The zero-order chi connectivity index (χ0) is 14.0. The highest BCUT2D eigenvalue weighted by molar-refractivity contribution is 6.30. The van der Waals surface area contributed by atoms with Crippen LogP contribution in [0.15, 0.2) is 36.4 Å². The van der Waals surface area contributed by atoms with Gasteiger partial charge in [-0.15, -0.1) is 0 Å². The number of amides is 1. The molecule has 0 bridgehead atoms. The first kappa shape index (κ1) is 13.4. The Bertz CT molecular complexity index is 638. The Kier molecular flexibility index (Phi) is 3.76. The molecule has 0 aliphatic heterocycles. The average molecular weight is 275 g/mol. The minimum atomic E-state index is -0.171. The molecule has 0 aromatic heterocycles. The molecule has 0 atom stereocenters. The number of nitrogen functional groups attached to an aromatic ring is 1. The minimum Gasteiger partial charge on any atom is -0.398 e. The molecular weight excluding hydrogens is 260 g/mol. The molecule has 98 valence electrons. The summed E-state index contributed by atoms with van der Waals surface area (Å²) < 4.78 is 0. The smallest absolute Gasteiger partial charge is 0.256 e. The van der Waals surface area contributed by atoms with Gasteiger partial charge in [0.2, 0.25) is 0 Å². The highest BCUT2D eigenvalue weighted by Gasteiger charge is 2.11. The molecule has 4 heteroatoms. The van der Waals surface area contributed by atoms with E-state index in [1.54, 1.807) is 30.3 Å². The summed E-state index contributed by atoms with van der Waals surface area (Å²) in [5.41, 5.74) is 9.44. The van der Waals surface area contributed by atoms with Gasteiger partial charge in [-0.3, -0.25) is 4.79 Å². The van der Waals surface area contributed by atoms with Gasteiger partial charge in [0.1, 0.15) is 0 Å². The van der Waals surface area contributed by atoms with Crippen molar-refractivity contribution in [3.8, 4) is 0 Å². The van der Waals surface area contributed by atoms with Gasteiger partial charge in [-0.1, -0.05) is 17.7 Å². The quantitative estimate of drug-likeness (QED) is 0.819. The molecular formula is C15H15ClN2O. The van der Waals surface area contributed by atoms with E-state index in [0.29, 0.717) is 16.3 Å². The first-order chi connectivity index (χ1) is 8.99. The highest BCUT2D eigenvalue weighted by Crippen LogP contribution is 2.22. The molecule has 0 aliphatic carbocycles. The lowest BCUT2D eigenvalue weighted by Crippen LogP contribution is -2.14. The Balaban J connectivity index is 2.28. The third-order valence-electron chi connectivity index (χ3n) is 3.06. The Morgan fingerprint density at radius 1 is 1.21 bits per heavy atom. The Morgan fingerprint density at radius 3 is 2.63 bits per heavy atom. The summed E-state index contributed by atoms with van der Waals surface area (Å²) in [6.07, 6.45) is 0. The fraction of sp³-hybridized carbons (Fsp3) is 0.133. The molecule has 3 nitrogen and oxygen atoms in total. The number of benzene rings is 2. The van der Waals surface area contributed by atoms with Gasteiger partial charge in [0.25, 0.3) is 5.91 Å². The Hall–Kier alpha value is -2.00. The van der Waals surface area contributed by atoms with Gasteiger partial charge in [-0.05, 0) is 55.3 Å². The first-order valence-electron chi connectivity index (χ1n) is 5.91. The zero-order valence-corrected chi connectivity index (χ0v) is 11.6. The van der Waals surface area contributed by atoms with Crippen LogP contribution in [0.25, 0.3) is 0 Å². The van der Waals surface area contributed by atoms with E-state index in [9.17, 15) is 4.79 Å². The maximum absolute atomic E-state index is 12.2. The normalized spacial score (nSPS) is 10.3.